The number of aromatic nitrogens is 1. The van der Waals surface area contributed by atoms with Crippen molar-refractivity contribution in [3.05, 3.63) is 35.5 Å². The summed E-state index contributed by atoms with van der Waals surface area (Å²) >= 11 is 0. The average Bonchev–Trinajstić information content (AvgIpc) is 2.83. The van der Waals surface area contributed by atoms with E-state index in [9.17, 15) is 4.79 Å². The van der Waals surface area contributed by atoms with Crippen molar-refractivity contribution in [1.82, 2.24) is 4.98 Å². The molecule has 0 amide bonds. The first-order chi connectivity index (χ1) is 9.61. The molecule has 3 nitrogen and oxygen atoms in total. The first-order valence-electron chi connectivity index (χ1n) is 7.41. The molecule has 0 aliphatic rings. The van der Waals surface area contributed by atoms with Crippen LogP contribution in [0.25, 0.3) is 10.9 Å². The van der Waals surface area contributed by atoms with E-state index in [0.717, 1.165) is 29.3 Å². The van der Waals surface area contributed by atoms with Gasteiger partial charge in [0.05, 0.1) is 6.42 Å². The van der Waals surface area contributed by atoms with Crippen molar-refractivity contribution in [2.24, 2.45) is 0 Å². The lowest BCUT2D eigenvalue weighted by atomic mass is 9.91. The van der Waals surface area contributed by atoms with Crippen LogP contribution in [0.3, 0.4) is 0 Å². The van der Waals surface area contributed by atoms with Crippen LogP contribution >= 0.6 is 0 Å². The molecule has 0 fully saturated rings. The smallest absolute Gasteiger partial charge is 0.303 e. The number of hydrogen-bond acceptors (Lipinski definition) is 1. The molecule has 0 saturated carbocycles. The van der Waals surface area contributed by atoms with Crippen molar-refractivity contribution in [1.29, 1.82) is 0 Å². The molecule has 1 aromatic heterocycles. The number of aliphatic carboxylic acids is 1. The first kappa shape index (κ1) is 16.3. The second-order valence-electron chi connectivity index (χ2n) is 4.88. The molecule has 0 radical (unpaired) electrons. The minimum atomic E-state index is -0.727. The Hall–Kier alpha value is -1.77. The zero-order chi connectivity index (χ0) is 15.1. The predicted octanol–water partition coefficient (Wildman–Crippen LogP) is 4.86. The lowest BCUT2D eigenvalue weighted by molar-refractivity contribution is -0.137. The topological polar surface area (TPSA) is 53.1 Å². The van der Waals surface area contributed by atoms with Gasteiger partial charge in [0.25, 0.3) is 0 Å². The highest BCUT2D eigenvalue weighted by Gasteiger charge is 2.18. The van der Waals surface area contributed by atoms with Gasteiger partial charge in [-0.2, -0.15) is 0 Å². The molecule has 0 bridgehead atoms. The summed E-state index contributed by atoms with van der Waals surface area (Å²) in [7, 11) is 0. The van der Waals surface area contributed by atoms with Crippen molar-refractivity contribution >= 4 is 16.9 Å². The summed E-state index contributed by atoms with van der Waals surface area (Å²) in [4.78, 5) is 14.2. The second kappa shape index (κ2) is 7.73. The van der Waals surface area contributed by atoms with E-state index in [4.69, 9.17) is 5.11 Å². The van der Waals surface area contributed by atoms with Crippen molar-refractivity contribution in [3.63, 3.8) is 0 Å². The number of aryl methyl sites for hydroxylation is 1. The number of rotatable bonds is 5. The average molecular weight is 275 g/mol. The number of fused-ring (bicyclic) bond motifs is 1. The molecule has 0 spiro atoms. The van der Waals surface area contributed by atoms with E-state index in [-0.39, 0.29) is 12.3 Å². The largest absolute Gasteiger partial charge is 0.481 e. The number of nitrogens with one attached hydrogen (secondary N) is 1. The fourth-order valence-electron chi connectivity index (χ4n) is 2.53. The number of carbonyl (C=O) groups is 1. The van der Waals surface area contributed by atoms with E-state index in [0.29, 0.717) is 0 Å². The third-order valence-corrected chi connectivity index (χ3v) is 3.37. The molecule has 1 aromatic carbocycles. The number of benzene rings is 1. The van der Waals surface area contributed by atoms with Gasteiger partial charge in [0, 0.05) is 17.1 Å². The molecule has 1 atom stereocenters. The highest BCUT2D eigenvalue weighted by molar-refractivity contribution is 5.85. The second-order valence-corrected chi connectivity index (χ2v) is 4.88. The van der Waals surface area contributed by atoms with Crippen LogP contribution in [-0.4, -0.2) is 16.1 Å². The SMILES string of the molecule is CC.CCCC(CC(=O)O)c1c[nH]c2cc(C)ccc12. The Labute approximate surface area is 121 Å². The standard InChI is InChI=1S/C15H19NO2.C2H6/c1-3-4-11(8-15(17)18)13-9-16-14-7-10(2)5-6-12(13)14;1-2/h5-7,9,11,16H,3-4,8H2,1-2H3,(H,17,18);1-2H3. The summed E-state index contributed by atoms with van der Waals surface area (Å²) < 4.78 is 0. The molecule has 2 aromatic rings. The van der Waals surface area contributed by atoms with Gasteiger partial charge in [-0.15, -0.1) is 0 Å². The zero-order valence-corrected chi connectivity index (χ0v) is 12.9. The van der Waals surface area contributed by atoms with E-state index in [1.807, 2.05) is 20.0 Å². The van der Waals surface area contributed by atoms with Gasteiger partial charge in [0.15, 0.2) is 0 Å². The minimum Gasteiger partial charge on any atom is -0.481 e. The van der Waals surface area contributed by atoms with Crippen LogP contribution < -0.4 is 0 Å². The molecule has 0 saturated heterocycles. The number of H-pyrrole nitrogens is 1. The third-order valence-electron chi connectivity index (χ3n) is 3.37. The number of aromatic amines is 1. The van der Waals surface area contributed by atoms with Crippen LogP contribution in [0.15, 0.2) is 24.4 Å². The Morgan fingerprint density at radius 1 is 1.35 bits per heavy atom. The molecule has 2 rings (SSSR count). The van der Waals surface area contributed by atoms with Gasteiger partial charge < -0.3 is 10.1 Å². The third kappa shape index (κ3) is 3.86. The van der Waals surface area contributed by atoms with E-state index in [2.05, 4.69) is 37.0 Å². The molecule has 3 heteroatoms. The van der Waals surface area contributed by atoms with E-state index >= 15 is 0 Å². The van der Waals surface area contributed by atoms with Crippen molar-refractivity contribution in [2.75, 3.05) is 0 Å². The Kier molecular flexibility index (Phi) is 6.29. The van der Waals surface area contributed by atoms with Crippen molar-refractivity contribution in [2.45, 2.75) is 52.9 Å². The number of carboxylic acid groups (broad SMARTS) is 1. The Balaban J connectivity index is 0.000000956. The number of carboxylic acids is 1. The van der Waals surface area contributed by atoms with Crippen molar-refractivity contribution in [3.8, 4) is 0 Å². The Morgan fingerprint density at radius 3 is 2.65 bits per heavy atom. The fourth-order valence-corrected chi connectivity index (χ4v) is 2.53. The summed E-state index contributed by atoms with van der Waals surface area (Å²) in [6.07, 6.45) is 4.08. The van der Waals surface area contributed by atoms with Crippen LogP contribution in [0.5, 0.6) is 0 Å². The quantitative estimate of drug-likeness (QED) is 0.818. The monoisotopic (exact) mass is 275 g/mol. The minimum absolute atomic E-state index is 0.101. The Morgan fingerprint density at radius 2 is 2.05 bits per heavy atom. The maximum absolute atomic E-state index is 11.0. The molecule has 0 aliphatic heterocycles. The maximum atomic E-state index is 11.0. The zero-order valence-electron chi connectivity index (χ0n) is 12.9. The molecule has 0 aliphatic carbocycles. The highest BCUT2D eigenvalue weighted by atomic mass is 16.4. The molecule has 2 N–H and O–H groups in total. The molecule has 1 heterocycles. The normalized spacial score (nSPS) is 11.8. The van der Waals surface area contributed by atoms with E-state index < -0.39 is 5.97 Å². The molecule has 20 heavy (non-hydrogen) atoms. The lowest BCUT2D eigenvalue weighted by Gasteiger charge is -2.13. The number of hydrogen-bond donors (Lipinski definition) is 2. The summed E-state index contributed by atoms with van der Waals surface area (Å²) in [5.41, 5.74) is 3.44. The Bertz CT molecular complexity index is 557. The summed E-state index contributed by atoms with van der Waals surface area (Å²) in [5.74, 6) is -0.626. The first-order valence-corrected chi connectivity index (χ1v) is 7.41. The maximum Gasteiger partial charge on any atom is 0.303 e. The predicted molar refractivity (Wildman–Crippen MR) is 84.3 cm³/mol. The van der Waals surface area contributed by atoms with Gasteiger partial charge in [0.1, 0.15) is 0 Å². The van der Waals surface area contributed by atoms with Crippen LogP contribution in [0.4, 0.5) is 0 Å². The summed E-state index contributed by atoms with van der Waals surface area (Å²) in [5, 5.41) is 10.2. The van der Waals surface area contributed by atoms with Gasteiger partial charge in [-0.1, -0.05) is 39.3 Å². The molecule has 1 unspecified atom stereocenters. The summed E-state index contributed by atoms with van der Waals surface area (Å²) in [6.45, 7) is 8.15. The van der Waals surface area contributed by atoms with Crippen LogP contribution in [0.1, 0.15) is 57.1 Å². The van der Waals surface area contributed by atoms with Gasteiger partial charge in [-0.3, -0.25) is 4.79 Å². The highest BCUT2D eigenvalue weighted by Crippen LogP contribution is 2.31. The van der Waals surface area contributed by atoms with Crippen LogP contribution in [0, 0.1) is 6.92 Å². The van der Waals surface area contributed by atoms with Crippen LogP contribution in [-0.2, 0) is 4.79 Å². The van der Waals surface area contributed by atoms with Gasteiger partial charge in [0.2, 0.25) is 0 Å². The van der Waals surface area contributed by atoms with E-state index in [1.54, 1.807) is 0 Å². The van der Waals surface area contributed by atoms with Crippen LogP contribution in [0.2, 0.25) is 0 Å². The van der Waals surface area contributed by atoms with Gasteiger partial charge in [-0.25, -0.2) is 0 Å². The molecular weight excluding hydrogens is 250 g/mol. The molecule has 110 valence electrons. The summed E-state index contributed by atoms with van der Waals surface area (Å²) in [6, 6.07) is 6.26. The lowest BCUT2D eigenvalue weighted by Crippen LogP contribution is -2.05. The van der Waals surface area contributed by atoms with Crippen molar-refractivity contribution < 1.29 is 9.90 Å². The van der Waals surface area contributed by atoms with Gasteiger partial charge >= 0.3 is 5.97 Å². The van der Waals surface area contributed by atoms with E-state index in [1.165, 1.54) is 5.56 Å². The van der Waals surface area contributed by atoms with Gasteiger partial charge in [-0.05, 0) is 36.5 Å². The fraction of sp³-hybridized carbons (Fsp3) is 0.471. The molecular formula is C17H25NO2.